The molecular weight excluding hydrogens is 295 g/mol. The van der Waals surface area contributed by atoms with Crippen molar-refractivity contribution < 1.29 is 17.9 Å². The third-order valence-electron chi connectivity index (χ3n) is 3.12. The number of para-hydroxylation sites is 2. The van der Waals surface area contributed by atoms with E-state index in [0.717, 1.165) is 12.1 Å². The lowest BCUT2D eigenvalue weighted by Crippen LogP contribution is -2.08. The molecule has 112 valence electrons. The molecule has 0 fully saturated rings. The van der Waals surface area contributed by atoms with Gasteiger partial charge in [0.1, 0.15) is 11.5 Å². The van der Waals surface area contributed by atoms with Crippen molar-refractivity contribution in [1.29, 1.82) is 0 Å². The smallest absolute Gasteiger partial charge is 0.419 e. The molecule has 0 amide bonds. The number of rotatable bonds is 2. The number of nitrogens with one attached hydrogen (secondary N) is 1. The molecule has 3 aromatic rings. The first-order valence-corrected chi connectivity index (χ1v) is 6.41. The fraction of sp³-hybridized carbons (Fsp3) is 0.0625. The van der Waals surface area contributed by atoms with Gasteiger partial charge in [-0.1, -0.05) is 24.3 Å². The Morgan fingerprint density at radius 2 is 1.59 bits per heavy atom. The molecule has 22 heavy (non-hydrogen) atoms. The van der Waals surface area contributed by atoms with Gasteiger partial charge in [0.15, 0.2) is 0 Å². The van der Waals surface area contributed by atoms with E-state index in [1.807, 2.05) is 0 Å². The average molecular weight is 305 g/mol. The Labute approximate surface area is 123 Å². The molecule has 0 spiro atoms. The molecule has 0 saturated carbocycles. The molecule has 0 aliphatic rings. The van der Waals surface area contributed by atoms with Crippen LogP contribution < -0.4 is 10.3 Å². The van der Waals surface area contributed by atoms with E-state index < -0.39 is 17.3 Å². The Kier molecular flexibility index (Phi) is 3.36. The first-order valence-electron chi connectivity index (χ1n) is 6.41. The Morgan fingerprint density at radius 3 is 2.36 bits per heavy atom. The summed E-state index contributed by atoms with van der Waals surface area (Å²) in [6.45, 7) is 0. The van der Waals surface area contributed by atoms with Gasteiger partial charge in [0, 0.05) is 11.5 Å². The highest BCUT2D eigenvalue weighted by molar-refractivity contribution is 5.84. The van der Waals surface area contributed by atoms with E-state index in [9.17, 15) is 18.0 Å². The maximum atomic E-state index is 13.0. The molecule has 3 rings (SSSR count). The largest absolute Gasteiger partial charge is 0.456 e. The van der Waals surface area contributed by atoms with Crippen LogP contribution in [0.15, 0.2) is 59.4 Å². The third kappa shape index (κ3) is 2.67. The van der Waals surface area contributed by atoms with Gasteiger partial charge in [-0.3, -0.25) is 4.79 Å². The van der Waals surface area contributed by atoms with Gasteiger partial charge in [-0.05, 0) is 24.3 Å². The molecule has 0 aliphatic heterocycles. The molecule has 1 heterocycles. The Balaban J connectivity index is 2.14. The van der Waals surface area contributed by atoms with Gasteiger partial charge in [-0.25, -0.2) is 0 Å². The van der Waals surface area contributed by atoms with Crippen molar-refractivity contribution in [3.63, 3.8) is 0 Å². The summed E-state index contributed by atoms with van der Waals surface area (Å²) in [5.74, 6) is -0.262. The van der Waals surface area contributed by atoms with Crippen LogP contribution in [-0.2, 0) is 6.18 Å². The van der Waals surface area contributed by atoms with Crippen LogP contribution in [0.2, 0.25) is 0 Å². The summed E-state index contributed by atoms with van der Waals surface area (Å²) in [5, 5.41) is 0.527. The van der Waals surface area contributed by atoms with Gasteiger partial charge in [-0.2, -0.15) is 13.2 Å². The number of halogens is 3. The molecule has 1 N–H and O–H groups in total. The van der Waals surface area contributed by atoms with E-state index in [0.29, 0.717) is 10.9 Å². The summed E-state index contributed by atoms with van der Waals surface area (Å²) in [7, 11) is 0. The number of hydrogen-bond acceptors (Lipinski definition) is 2. The number of ether oxygens (including phenoxy) is 1. The maximum absolute atomic E-state index is 13.0. The predicted octanol–water partition coefficient (Wildman–Crippen LogP) is 4.34. The van der Waals surface area contributed by atoms with Crippen molar-refractivity contribution in [2.75, 3.05) is 0 Å². The van der Waals surface area contributed by atoms with Gasteiger partial charge in [-0.15, -0.1) is 0 Å². The third-order valence-corrected chi connectivity index (χ3v) is 3.12. The highest BCUT2D eigenvalue weighted by atomic mass is 19.4. The highest BCUT2D eigenvalue weighted by Crippen LogP contribution is 2.38. The number of aromatic nitrogens is 1. The van der Waals surface area contributed by atoms with Crippen molar-refractivity contribution >= 4 is 10.9 Å². The predicted molar refractivity (Wildman–Crippen MR) is 76.1 cm³/mol. The zero-order valence-corrected chi connectivity index (χ0v) is 11.1. The molecular formula is C16H10F3NO2. The van der Waals surface area contributed by atoms with E-state index in [1.165, 1.54) is 18.2 Å². The minimum absolute atomic E-state index is 0.0797. The van der Waals surface area contributed by atoms with E-state index in [1.54, 1.807) is 24.3 Å². The van der Waals surface area contributed by atoms with Crippen molar-refractivity contribution in [3.8, 4) is 11.5 Å². The normalized spacial score (nSPS) is 11.6. The summed E-state index contributed by atoms with van der Waals surface area (Å²) in [5.41, 5.74) is -0.841. The first kappa shape index (κ1) is 14.2. The van der Waals surface area contributed by atoms with Crippen LogP contribution in [0.5, 0.6) is 11.5 Å². The van der Waals surface area contributed by atoms with Gasteiger partial charge in [0.2, 0.25) is 0 Å². The van der Waals surface area contributed by atoms with Crippen LogP contribution in [0.3, 0.4) is 0 Å². The van der Waals surface area contributed by atoms with Crippen LogP contribution in [0.25, 0.3) is 10.9 Å². The van der Waals surface area contributed by atoms with Crippen LogP contribution in [0.1, 0.15) is 5.56 Å². The van der Waals surface area contributed by atoms with Crippen LogP contribution in [0.4, 0.5) is 13.2 Å². The number of benzene rings is 2. The fourth-order valence-corrected chi connectivity index (χ4v) is 2.17. The minimum atomic E-state index is -4.53. The number of H-pyrrole nitrogens is 1. The zero-order chi connectivity index (χ0) is 15.7. The second-order valence-electron chi connectivity index (χ2n) is 4.64. The lowest BCUT2D eigenvalue weighted by Gasteiger charge is -2.14. The fourth-order valence-electron chi connectivity index (χ4n) is 2.17. The highest BCUT2D eigenvalue weighted by Gasteiger charge is 2.34. The molecule has 0 saturated heterocycles. The van der Waals surface area contributed by atoms with E-state index >= 15 is 0 Å². The lowest BCUT2D eigenvalue weighted by atomic mass is 10.2. The molecule has 6 heteroatoms. The first-order chi connectivity index (χ1) is 10.4. The average Bonchev–Trinajstić information content (AvgIpc) is 2.46. The summed E-state index contributed by atoms with van der Waals surface area (Å²) < 4.78 is 44.4. The Bertz CT molecular complexity index is 884. The number of alkyl halides is 3. The molecule has 2 aromatic carbocycles. The molecule has 0 atom stereocenters. The van der Waals surface area contributed by atoms with E-state index in [4.69, 9.17) is 4.74 Å². The number of pyridine rings is 1. The molecule has 0 radical (unpaired) electrons. The number of aromatic amines is 1. The Hall–Kier alpha value is -2.76. The molecule has 1 aromatic heterocycles. The summed E-state index contributed by atoms with van der Waals surface area (Å²) >= 11 is 0. The van der Waals surface area contributed by atoms with Gasteiger partial charge in [0.25, 0.3) is 5.56 Å². The number of fused-ring (bicyclic) bond motifs is 1. The number of hydrogen-bond donors (Lipinski definition) is 1. The van der Waals surface area contributed by atoms with E-state index in [2.05, 4.69) is 4.98 Å². The quantitative estimate of drug-likeness (QED) is 0.765. The van der Waals surface area contributed by atoms with Crippen LogP contribution in [-0.4, -0.2) is 4.98 Å². The van der Waals surface area contributed by atoms with E-state index in [-0.39, 0.29) is 11.5 Å². The topological polar surface area (TPSA) is 42.1 Å². The molecule has 0 aliphatic carbocycles. The Morgan fingerprint density at radius 1 is 0.909 bits per heavy atom. The minimum Gasteiger partial charge on any atom is -0.456 e. The van der Waals surface area contributed by atoms with Crippen LogP contribution in [0, 0.1) is 0 Å². The summed E-state index contributed by atoms with van der Waals surface area (Å²) in [6.07, 6.45) is -4.53. The van der Waals surface area contributed by atoms with Crippen molar-refractivity contribution in [1.82, 2.24) is 4.98 Å². The van der Waals surface area contributed by atoms with Gasteiger partial charge < -0.3 is 9.72 Å². The standard InChI is InChI=1S/C16H10F3NO2/c17-16(18,19)11-6-2-4-8-13(11)22-14-9-15(21)20-12-7-3-1-5-10(12)14/h1-9H,(H,20,21). The van der Waals surface area contributed by atoms with Gasteiger partial charge >= 0.3 is 6.18 Å². The summed E-state index contributed by atoms with van der Waals surface area (Å²) in [4.78, 5) is 14.2. The maximum Gasteiger partial charge on any atom is 0.419 e. The molecule has 3 nitrogen and oxygen atoms in total. The molecule has 0 bridgehead atoms. The molecule has 0 unspecified atom stereocenters. The second-order valence-corrected chi connectivity index (χ2v) is 4.64. The van der Waals surface area contributed by atoms with Crippen LogP contribution >= 0.6 is 0 Å². The summed E-state index contributed by atoms with van der Waals surface area (Å²) in [6, 6.07) is 12.8. The van der Waals surface area contributed by atoms with Crippen molar-refractivity contribution in [2.45, 2.75) is 6.18 Å². The monoisotopic (exact) mass is 305 g/mol. The SMILES string of the molecule is O=c1cc(Oc2ccccc2C(F)(F)F)c2ccccc2[nH]1. The second kappa shape index (κ2) is 5.22. The van der Waals surface area contributed by atoms with Crippen molar-refractivity contribution in [2.24, 2.45) is 0 Å². The zero-order valence-electron chi connectivity index (χ0n) is 11.1. The van der Waals surface area contributed by atoms with Crippen molar-refractivity contribution in [3.05, 3.63) is 70.5 Å². The van der Waals surface area contributed by atoms with Gasteiger partial charge in [0.05, 0.1) is 11.1 Å². The lowest BCUT2D eigenvalue weighted by molar-refractivity contribution is -0.138.